The maximum atomic E-state index is 5.92. The summed E-state index contributed by atoms with van der Waals surface area (Å²) in [5, 5.41) is 3.82. The SMILES string of the molecule is CCOC1CC(NCCN(C(C)C)C(C)C)C12CCC2. The quantitative estimate of drug-likeness (QED) is 0.740. The van der Waals surface area contributed by atoms with Gasteiger partial charge in [0.15, 0.2) is 0 Å². The van der Waals surface area contributed by atoms with Gasteiger partial charge in [-0.2, -0.15) is 0 Å². The van der Waals surface area contributed by atoms with Gasteiger partial charge in [0.25, 0.3) is 0 Å². The van der Waals surface area contributed by atoms with Crippen LogP contribution in [0.25, 0.3) is 0 Å². The first-order valence-electron chi connectivity index (χ1n) is 8.62. The van der Waals surface area contributed by atoms with Gasteiger partial charge in [-0.25, -0.2) is 0 Å². The lowest BCUT2D eigenvalue weighted by Crippen LogP contribution is -2.67. The molecule has 2 fully saturated rings. The predicted octanol–water partition coefficient (Wildman–Crippen LogP) is 3.04. The molecular weight excluding hydrogens is 248 g/mol. The summed E-state index contributed by atoms with van der Waals surface area (Å²) in [7, 11) is 0. The zero-order valence-electron chi connectivity index (χ0n) is 14.1. The Bertz CT molecular complexity index is 291. The molecule has 0 aromatic carbocycles. The molecule has 2 aliphatic carbocycles. The minimum atomic E-state index is 0.497. The molecule has 0 aliphatic heterocycles. The standard InChI is InChI=1S/C17H34N2O/c1-6-20-16-12-15(17(16)8-7-9-17)18-10-11-19(13(2)3)14(4)5/h13-16,18H,6-12H2,1-5H3. The maximum Gasteiger partial charge on any atom is 0.0661 e. The van der Waals surface area contributed by atoms with Crippen molar-refractivity contribution in [3.63, 3.8) is 0 Å². The molecule has 2 atom stereocenters. The average molecular weight is 282 g/mol. The van der Waals surface area contributed by atoms with Gasteiger partial charge in [0.2, 0.25) is 0 Å². The molecule has 0 aromatic heterocycles. The van der Waals surface area contributed by atoms with Gasteiger partial charge >= 0.3 is 0 Å². The van der Waals surface area contributed by atoms with Crippen LogP contribution in [0.3, 0.4) is 0 Å². The molecule has 1 spiro atoms. The number of nitrogens with zero attached hydrogens (tertiary/aromatic N) is 1. The van der Waals surface area contributed by atoms with E-state index in [1.165, 1.54) is 25.7 Å². The highest BCUT2D eigenvalue weighted by Crippen LogP contribution is 2.57. The molecule has 2 rings (SSSR count). The molecule has 3 nitrogen and oxygen atoms in total. The summed E-state index contributed by atoms with van der Waals surface area (Å²) in [5.74, 6) is 0. The van der Waals surface area contributed by atoms with E-state index in [4.69, 9.17) is 4.74 Å². The minimum Gasteiger partial charge on any atom is -0.378 e. The predicted molar refractivity (Wildman–Crippen MR) is 85.1 cm³/mol. The number of ether oxygens (including phenoxy) is 1. The maximum absolute atomic E-state index is 5.92. The Hall–Kier alpha value is -0.120. The van der Waals surface area contributed by atoms with Crippen molar-refractivity contribution in [2.75, 3.05) is 19.7 Å². The Balaban J connectivity index is 1.75. The van der Waals surface area contributed by atoms with Crippen LogP contribution >= 0.6 is 0 Å². The van der Waals surface area contributed by atoms with Gasteiger partial charge in [-0.3, -0.25) is 4.90 Å². The number of rotatable bonds is 8. The van der Waals surface area contributed by atoms with E-state index in [0.29, 0.717) is 29.6 Å². The molecule has 118 valence electrons. The first-order chi connectivity index (χ1) is 9.51. The van der Waals surface area contributed by atoms with E-state index in [2.05, 4.69) is 44.8 Å². The van der Waals surface area contributed by atoms with Crippen molar-refractivity contribution in [2.24, 2.45) is 5.41 Å². The van der Waals surface area contributed by atoms with E-state index >= 15 is 0 Å². The van der Waals surface area contributed by atoms with Crippen LogP contribution in [0.2, 0.25) is 0 Å². The number of hydrogen-bond donors (Lipinski definition) is 1. The van der Waals surface area contributed by atoms with Crippen molar-refractivity contribution in [3.8, 4) is 0 Å². The fourth-order valence-electron chi connectivity index (χ4n) is 4.21. The van der Waals surface area contributed by atoms with Crippen molar-refractivity contribution < 1.29 is 4.74 Å². The molecule has 3 heteroatoms. The fourth-order valence-corrected chi connectivity index (χ4v) is 4.21. The van der Waals surface area contributed by atoms with Crippen LogP contribution in [0.5, 0.6) is 0 Å². The van der Waals surface area contributed by atoms with Crippen LogP contribution in [0.1, 0.15) is 60.3 Å². The van der Waals surface area contributed by atoms with Gasteiger partial charge in [-0.05, 0) is 53.9 Å². The van der Waals surface area contributed by atoms with E-state index in [9.17, 15) is 0 Å². The average Bonchev–Trinajstić information content (AvgIpc) is 2.28. The van der Waals surface area contributed by atoms with E-state index in [-0.39, 0.29) is 0 Å². The van der Waals surface area contributed by atoms with Gasteiger partial charge in [0.05, 0.1) is 6.10 Å². The van der Waals surface area contributed by atoms with Gasteiger partial charge < -0.3 is 10.1 Å². The lowest BCUT2D eigenvalue weighted by Gasteiger charge is -2.61. The summed E-state index contributed by atoms with van der Waals surface area (Å²) in [6.07, 6.45) is 5.88. The fraction of sp³-hybridized carbons (Fsp3) is 1.00. The molecule has 2 unspecified atom stereocenters. The van der Waals surface area contributed by atoms with E-state index in [1.54, 1.807) is 0 Å². The first kappa shape index (κ1) is 16.3. The molecule has 0 amide bonds. The zero-order chi connectivity index (χ0) is 14.8. The van der Waals surface area contributed by atoms with Crippen molar-refractivity contribution in [1.29, 1.82) is 0 Å². The van der Waals surface area contributed by atoms with Crippen molar-refractivity contribution in [2.45, 2.75) is 84.5 Å². The monoisotopic (exact) mass is 282 g/mol. The van der Waals surface area contributed by atoms with Crippen LogP contribution in [-0.2, 0) is 4.74 Å². The van der Waals surface area contributed by atoms with Crippen molar-refractivity contribution in [1.82, 2.24) is 10.2 Å². The van der Waals surface area contributed by atoms with Crippen LogP contribution in [0.15, 0.2) is 0 Å². The Morgan fingerprint density at radius 3 is 2.30 bits per heavy atom. The first-order valence-corrected chi connectivity index (χ1v) is 8.62. The summed E-state index contributed by atoms with van der Waals surface area (Å²) in [4.78, 5) is 2.57. The van der Waals surface area contributed by atoms with E-state index in [0.717, 1.165) is 19.7 Å². The summed E-state index contributed by atoms with van der Waals surface area (Å²) in [6, 6.07) is 1.97. The molecule has 1 N–H and O–H groups in total. The lowest BCUT2D eigenvalue weighted by molar-refractivity contribution is -0.172. The number of hydrogen-bond acceptors (Lipinski definition) is 3. The summed E-state index contributed by atoms with van der Waals surface area (Å²) < 4.78 is 5.92. The van der Waals surface area contributed by atoms with E-state index < -0.39 is 0 Å². The molecule has 0 saturated heterocycles. The third kappa shape index (κ3) is 3.05. The Kier molecular flexibility index (Phi) is 5.49. The molecular formula is C17H34N2O. The topological polar surface area (TPSA) is 24.5 Å². The Morgan fingerprint density at radius 1 is 1.20 bits per heavy atom. The third-order valence-electron chi connectivity index (χ3n) is 5.52. The number of nitrogens with one attached hydrogen (secondary N) is 1. The molecule has 0 radical (unpaired) electrons. The normalized spacial score (nSPS) is 28.2. The molecule has 2 aliphatic rings. The molecule has 0 bridgehead atoms. The van der Waals surface area contributed by atoms with Gasteiger partial charge in [-0.15, -0.1) is 0 Å². The highest BCUT2D eigenvalue weighted by atomic mass is 16.5. The van der Waals surface area contributed by atoms with Crippen LogP contribution < -0.4 is 5.32 Å². The highest BCUT2D eigenvalue weighted by molar-refractivity contribution is 5.12. The second-order valence-electron chi connectivity index (χ2n) is 7.20. The van der Waals surface area contributed by atoms with Crippen molar-refractivity contribution in [3.05, 3.63) is 0 Å². The molecule has 0 heterocycles. The van der Waals surface area contributed by atoms with E-state index in [1.807, 2.05) is 0 Å². The second kappa shape index (κ2) is 6.76. The summed E-state index contributed by atoms with van der Waals surface area (Å²) in [5.41, 5.74) is 0.497. The molecule has 2 saturated carbocycles. The smallest absolute Gasteiger partial charge is 0.0661 e. The van der Waals surface area contributed by atoms with Crippen LogP contribution in [-0.4, -0.2) is 48.8 Å². The van der Waals surface area contributed by atoms with Gasteiger partial charge in [0, 0.05) is 43.2 Å². The molecule has 20 heavy (non-hydrogen) atoms. The summed E-state index contributed by atoms with van der Waals surface area (Å²) >= 11 is 0. The highest BCUT2D eigenvalue weighted by Gasteiger charge is 2.58. The Morgan fingerprint density at radius 2 is 1.85 bits per heavy atom. The van der Waals surface area contributed by atoms with Gasteiger partial charge in [0.1, 0.15) is 0 Å². The molecule has 0 aromatic rings. The largest absolute Gasteiger partial charge is 0.378 e. The van der Waals surface area contributed by atoms with Crippen LogP contribution in [0, 0.1) is 5.41 Å². The second-order valence-corrected chi connectivity index (χ2v) is 7.20. The Labute approximate surface area is 125 Å². The summed E-state index contributed by atoms with van der Waals surface area (Å²) in [6.45, 7) is 14.4. The third-order valence-corrected chi connectivity index (χ3v) is 5.52. The van der Waals surface area contributed by atoms with Crippen molar-refractivity contribution >= 4 is 0 Å². The lowest BCUT2D eigenvalue weighted by atomic mass is 9.51. The van der Waals surface area contributed by atoms with Crippen LogP contribution in [0.4, 0.5) is 0 Å². The van der Waals surface area contributed by atoms with Gasteiger partial charge in [-0.1, -0.05) is 6.42 Å². The minimum absolute atomic E-state index is 0.497. The zero-order valence-corrected chi connectivity index (χ0v) is 14.1.